The molecule has 184 valence electrons. The van der Waals surface area contributed by atoms with Gasteiger partial charge in [-0.3, -0.25) is 4.90 Å². The van der Waals surface area contributed by atoms with Crippen molar-refractivity contribution in [1.29, 1.82) is 0 Å². The second-order valence-electron chi connectivity index (χ2n) is 11.0. The van der Waals surface area contributed by atoms with Crippen LogP contribution in [-0.4, -0.2) is 31.1 Å². The summed E-state index contributed by atoms with van der Waals surface area (Å²) >= 11 is 6.11. The number of rotatable bonds is 9. The van der Waals surface area contributed by atoms with Crippen LogP contribution in [0.25, 0.3) is 11.1 Å². The average Bonchev–Trinajstić information content (AvgIpc) is 2.68. The third-order valence-corrected chi connectivity index (χ3v) is 5.81. The molecule has 0 aliphatic carbocycles. The van der Waals surface area contributed by atoms with Gasteiger partial charge in [0.2, 0.25) is 0 Å². The molecule has 0 radical (unpaired) electrons. The lowest BCUT2D eigenvalue weighted by atomic mass is 9.90. The third kappa shape index (κ3) is 9.58. The van der Waals surface area contributed by atoms with Crippen LogP contribution in [0.4, 0.5) is 13.2 Å². The zero-order valence-corrected chi connectivity index (χ0v) is 21.4. The molecule has 6 heteroatoms. The van der Waals surface area contributed by atoms with Crippen molar-refractivity contribution in [2.24, 2.45) is 10.8 Å². The van der Waals surface area contributed by atoms with Crippen molar-refractivity contribution < 1.29 is 17.9 Å². The Morgan fingerprint density at radius 3 is 1.82 bits per heavy atom. The molecule has 2 rings (SSSR count). The van der Waals surface area contributed by atoms with Crippen LogP contribution in [0, 0.1) is 10.8 Å². The van der Waals surface area contributed by atoms with Crippen molar-refractivity contribution in [2.75, 3.05) is 26.2 Å². The monoisotopic (exact) mass is 483 g/mol. The lowest BCUT2D eigenvalue weighted by Gasteiger charge is -2.29. The van der Waals surface area contributed by atoms with E-state index in [4.69, 9.17) is 16.3 Å². The normalized spacial score (nSPS) is 12.9. The van der Waals surface area contributed by atoms with Crippen LogP contribution in [-0.2, 0) is 6.18 Å². The first kappa shape index (κ1) is 27.5. The average molecular weight is 484 g/mol. The minimum Gasteiger partial charge on any atom is -0.492 e. The number of hydrogen-bond donors (Lipinski definition) is 0. The van der Waals surface area contributed by atoms with Crippen LogP contribution < -0.4 is 4.74 Å². The maximum Gasteiger partial charge on any atom is 0.417 e. The molecule has 0 aliphatic heterocycles. The molecule has 33 heavy (non-hydrogen) atoms. The van der Waals surface area contributed by atoms with Gasteiger partial charge in [-0.15, -0.1) is 0 Å². The lowest BCUT2D eigenvalue weighted by Crippen LogP contribution is -2.34. The van der Waals surface area contributed by atoms with Crippen LogP contribution in [0.5, 0.6) is 5.75 Å². The van der Waals surface area contributed by atoms with Crippen LogP contribution in [0.3, 0.4) is 0 Å². The van der Waals surface area contributed by atoms with Gasteiger partial charge in [-0.2, -0.15) is 13.2 Å². The second kappa shape index (κ2) is 11.1. The maximum absolute atomic E-state index is 13.4. The zero-order valence-electron chi connectivity index (χ0n) is 20.7. The highest BCUT2D eigenvalue weighted by molar-refractivity contribution is 6.33. The van der Waals surface area contributed by atoms with Crippen LogP contribution >= 0.6 is 11.6 Å². The molecule has 2 aromatic carbocycles. The number of benzene rings is 2. The highest BCUT2D eigenvalue weighted by atomic mass is 35.5. The second-order valence-corrected chi connectivity index (χ2v) is 11.4. The Bertz CT molecular complexity index is 862. The standard InChI is InChI=1S/C27H37ClF3NO/c1-25(2,3)14-16-32(17-15-26(4,5)6)18-19-33-21-12-10-20(11-13-21)24-22(27(29,30)31)8-7-9-23(24)28/h7-13H,14-19H2,1-6H3. The molecule has 0 aliphatic rings. The van der Waals surface area contributed by atoms with E-state index in [1.165, 1.54) is 12.1 Å². The van der Waals surface area contributed by atoms with Crippen molar-refractivity contribution >= 4 is 11.6 Å². The van der Waals surface area contributed by atoms with E-state index < -0.39 is 11.7 Å². The van der Waals surface area contributed by atoms with Crippen LogP contribution in [0.2, 0.25) is 5.02 Å². The minimum atomic E-state index is -4.47. The summed E-state index contributed by atoms with van der Waals surface area (Å²) < 4.78 is 46.2. The minimum absolute atomic E-state index is 0.00578. The number of hydrogen-bond acceptors (Lipinski definition) is 2. The largest absolute Gasteiger partial charge is 0.492 e. The summed E-state index contributed by atoms with van der Waals surface area (Å²) in [6, 6.07) is 10.5. The van der Waals surface area contributed by atoms with E-state index >= 15 is 0 Å². The molecule has 0 saturated carbocycles. The number of nitrogens with zero attached hydrogens (tertiary/aromatic N) is 1. The fraction of sp³-hybridized carbons (Fsp3) is 0.556. The lowest BCUT2D eigenvalue weighted by molar-refractivity contribution is -0.137. The molecule has 0 heterocycles. The topological polar surface area (TPSA) is 12.5 Å². The van der Waals surface area contributed by atoms with Crippen molar-refractivity contribution in [3.63, 3.8) is 0 Å². The SMILES string of the molecule is CC(C)(C)CCN(CCOc1ccc(-c2c(Cl)cccc2C(F)(F)F)cc1)CCC(C)(C)C. The van der Waals surface area contributed by atoms with Gasteiger partial charge in [-0.1, -0.05) is 71.3 Å². The molecule has 0 atom stereocenters. The van der Waals surface area contributed by atoms with Gasteiger partial charge in [0.1, 0.15) is 12.4 Å². The highest BCUT2D eigenvalue weighted by Crippen LogP contribution is 2.41. The molecule has 0 bridgehead atoms. The zero-order chi connectivity index (χ0) is 24.9. The van der Waals surface area contributed by atoms with E-state index in [2.05, 4.69) is 46.4 Å². The Morgan fingerprint density at radius 1 is 0.788 bits per heavy atom. The van der Waals surface area contributed by atoms with Crippen LogP contribution in [0.15, 0.2) is 42.5 Å². The van der Waals surface area contributed by atoms with Crippen LogP contribution in [0.1, 0.15) is 59.9 Å². The van der Waals surface area contributed by atoms with Crippen molar-refractivity contribution in [2.45, 2.75) is 60.6 Å². The summed E-state index contributed by atoms with van der Waals surface area (Å²) in [6.07, 6.45) is -2.27. The van der Waals surface area contributed by atoms with Gasteiger partial charge >= 0.3 is 6.18 Å². The predicted octanol–water partition coefficient (Wildman–Crippen LogP) is 8.58. The molecule has 0 saturated heterocycles. The molecule has 0 amide bonds. The fourth-order valence-corrected chi connectivity index (χ4v) is 3.67. The first-order chi connectivity index (χ1) is 15.2. The summed E-state index contributed by atoms with van der Waals surface area (Å²) in [4.78, 5) is 2.43. The molecule has 0 spiro atoms. The van der Waals surface area contributed by atoms with E-state index in [0.717, 1.165) is 38.5 Å². The molecule has 0 fully saturated rings. The Morgan fingerprint density at radius 2 is 1.33 bits per heavy atom. The molecule has 0 aromatic heterocycles. The summed E-state index contributed by atoms with van der Waals surface area (Å²) in [5, 5.41) is 0.0758. The maximum atomic E-state index is 13.4. The fourth-order valence-electron chi connectivity index (χ4n) is 3.39. The van der Waals surface area contributed by atoms with Gasteiger partial charge in [0, 0.05) is 17.1 Å². The Hall–Kier alpha value is -1.72. The van der Waals surface area contributed by atoms with Gasteiger partial charge < -0.3 is 4.74 Å². The molecular formula is C27H37ClF3NO. The van der Waals surface area contributed by atoms with Crippen molar-refractivity contribution in [3.8, 4) is 16.9 Å². The van der Waals surface area contributed by atoms with Gasteiger partial charge in [-0.25, -0.2) is 0 Å². The van der Waals surface area contributed by atoms with Gasteiger partial charge in [0.25, 0.3) is 0 Å². The van der Waals surface area contributed by atoms with E-state index in [1.807, 2.05) is 0 Å². The summed E-state index contributed by atoms with van der Waals surface area (Å²) in [7, 11) is 0. The molecule has 2 nitrogen and oxygen atoms in total. The molecule has 2 aromatic rings. The number of alkyl halides is 3. The van der Waals surface area contributed by atoms with Crippen molar-refractivity contribution in [3.05, 3.63) is 53.1 Å². The summed E-state index contributed by atoms with van der Waals surface area (Å²) in [5.41, 5.74) is 0.206. The number of halogens is 4. The quantitative estimate of drug-likeness (QED) is 0.354. The Kier molecular flexibility index (Phi) is 9.29. The van der Waals surface area contributed by atoms with Gasteiger partial charge in [-0.05, 0) is 66.6 Å². The Balaban J connectivity index is 2.03. The third-order valence-electron chi connectivity index (χ3n) is 5.49. The molecule has 0 N–H and O–H groups in total. The summed E-state index contributed by atoms with van der Waals surface area (Å²) in [5.74, 6) is 0.631. The first-order valence-electron chi connectivity index (χ1n) is 11.5. The van der Waals surface area contributed by atoms with E-state index in [9.17, 15) is 13.2 Å². The van der Waals surface area contributed by atoms with E-state index in [1.54, 1.807) is 24.3 Å². The Labute approximate surface area is 202 Å². The summed E-state index contributed by atoms with van der Waals surface area (Å²) in [6.45, 7) is 16.8. The smallest absolute Gasteiger partial charge is 0.417 e. The van der Waals surface area contributed by atoms with E-state index in [-0.39, 0.29) is 21.4 Å². The van der Waals surface area contributed by atoms with Crippen molar-refractivity contribution in [1.82, 2.24) is 4.90 Å². The highest BCUT2D eigenvalue weighted by Gasteiger charge is 2.34. The number of ether oxygens (including phenoxy) is 1. The molecule has 0 unspecified atom stereocenters. The first-order valence-corrected chi connectivity index (χ1v) is 11.8. The van der Waals surface area contributed by atoms with Gasteiger partial charge in [0.05, 0.1) is 5.56 Å². The molecular weight excluding hydrogens is 447 g/mol. The predicted molar refractivity (Wildman–Crippen MR) is 132 cm³/mol. The van der Waals surface area contributed by atoms with Gasteiger partial charge in [0.15, 0.2) is 0 Å². The van der Waals surface area contributed by atoms with E-state index in [0.29, 0.717) is 17.9 Å².